The molecule has 0 saturated carbocycles. The highest BCUT2D eigenvalue weighted by Gasteiger charge is 2.40. The van der Waals surface area contributed by atoms with Crippen molar-refractivity contribution < 1.29 is 9.13 Å². The minimum absolute atomic E-state index is 0.163. The molecule has 180 valence electrons. The lowest BCUT2D eigenvalue weighted by molar-refractivity contribution is -0.135. The van der Waals surface area contributed by atoms with E-state index in [2.05, 4.69) is 37.2 Å². The van der Waals surface area contributed by atoms with E-state index >= 15 is 4.39 Å². The van der Waals surface area contributed by atoms with Crippen LogP contribution in [0.5, 0.6) is 0 Å². The minimum atomic E-state index is -0.447. The van der Waals surface area contributed by atoms with Gasteiger partial charge in [-0.1, -0.05) is 0 Å². The molecule has 2 fully saturated rings. The van der Waals surface area contributed by atoms with Gasteiger partial charge in [0.2, 0.25) is 5.95 Å². The Morgan fingerprint density at radius 1 is 1.24 bits per heavy atom. The fraction of sp³-hybridized carbons (Fsp3) is 0.500. The van der Waals surface area contributed by atoms with Crippen LogP contribution in [0, 0.1) is 12.7 Å². The van der Waals surface area contributed by atoms with Crippen LogP contribution in [0.1, 0.15) is 39.3 Å². The lowest BCUT2D eigenvalue weighted by Gasteiger charge is -2.49. The number of nitrogens with one attached hydrogen (secondary N) is 1. The second-order valence-electron chi connectivity index (χ2n) is 9.72. The van der Waals surface area contributed by atoms with Crippen molar-refractivity contribution in [1.29, 1.82) is 0 Å². The molecular weight excluding hydrogens is 435 g/mol. The van der Waals surface area contributed by atoms with Gasteiger partial charge in [-0.2, -0.15) is 4.98 Å². The number of rotatable bonds is 5. The summed E-state index contributed by atoms with van der Waals surface area (Å²) in [6, 6.07) is 3.82. The number of hydrogen-bond donors (Lipinski definition) is 2. The molecule has 2 saturated heterocycles. The quantitative estimate of drug-likeness (QED) is 0.554. The van der Waals surface area contributed by atoms with Gasteiger partial charge in [0.25, 0.3) is 0 Å². The van der Waals surface area contributed by atoms with Crippen molar-refractivity contribution in [1.82, 2.24) is 24.5 Å². The molecule has 0 atom stereocenters. The van der Waals surface area contributed by atoms with E-state index in [-0.39, 0.29) is 17.4 Å². The van der Waals surface area contributed by atoms with Crippen molar-refractivity contribution in [2.45, 2.75) is 52.1 Å². The lowest BCUT2D eigenvalue weighted by atomic mass is 9.93. The van der Waals surface area contributed by atoms with Crippen molar-refractivity contribution in [3.05, 3.63) is 29.8 Å². The molecule has 3 aromatic rings. The van der Waals surface area contributed by atoms with E-state index in [1.165, 1.54) is 10.7 Å². The van der Waals surface area contributed by atoms with Crippen LogP contribution < -0.4 is 11.1 Å². The molecule has 0 spiro atoms. The summed E-state index contributed by atoms with van der Waals surface area (Å²) >= 11 is 0. The molecule has 0 unspecified atom stereocenters. The monoisotopic (exact) mass is 466 g/mol. The molecule has 5 rings (SSSR count). The first-order valence-electron chi connectivity index (χ1n) is 11.7. The third-order valence-corrected chi connectivity index (χ3v) is 6.69. The average molecular weight is 467 g/mol. The van der Waals surface area contributed by atoms with Gasteiger partial charge in [0.15, 0.2) is 11.6 Å². The second-order valence-corrected chi connectivity index (χ2v) is 9.72. The normalized spacial score (nSPS) is 18.6. The summed E-state index contributed by atoms with van der Waals surface area (Å²) < 4.78 is 21.9. The number of fused-ring (bicyclic) bond motifs is 1. The summed E-state index contributed by atoms with van der Waals surface area (Å²) in [6.07, 6.45) is 3.27. The van der Waals surface area contributed by atoms with Crippen LogP contribution in [0.3, 0.4) is 0 Å². The molecule has 2 aliphatic rings. The van der Waals surface area contributed by atoms with Crippen LogP contribution in [0.15, 0.2) is 23.3 Å². The number of aryl methyl sites for hydroxylation is 1. The average Bonchev–Trinajstić information content (AvgIpc) is 3.10. The number of anilines is 2. The summed E-state index contributed by atoms with van der Waals surface area (Å²) in [5, 5.41) is 7.89. The van der Waals surface area contributed by atoms with E-state index < -0.39 is 5.82 Å². The van der Waals surface area contributed by atoms with E-state index in [1.54, 1.807) is 6.07 Å². The molecule has 0 aromatic carbocycles. The molecule has 5 heterocycles. The maximum Gasteiger partial charge on any atom is 0.243 e. The molecule has 0 radical (unpaired) electrons. The van der Waals surface area contributed by atoms with Gasteiger partial charge in [0, 0.05) is 24.8 Å². The summed E-state index contributed by atoms with van der Waals surface area (Å²) in [4.78, 5) is 16.0. The van der Waals surface area contributed by atoms with Gasteiger partial charge in [-0.3, -0.25) is 14.9 Å². The molecular formula is C24H31FN8O. The Labute approximate surface area is 198 Å². The number of hydrogen-bond acceptors (Lipinski definition) is 8. The molecule has 0 bridgehead atoms. The summed E-state index contributed by atoms with van der Waals surface area (Å²) in [5.41, 5.74) is 10.0. The van der Waals surface area contributed by atoms with Crippen LogP contribution in [-0.4, -0.2) is 68.1 Å². The van der Waals surface area contributed by atoms with Crippen molar-refractivity contribution >= 4 is 28.7 Å². The Kier molecular flexibility index (Phi) is 5.73. The number of aromatic nitrogens is 4. The first kappa shape index (κ1) is 22.7. The van der Waals surface area contributed by atoms with Gasteiger partial charge in [0.05, 0.1) is 47.6 Å². The molecule has 10 heteroatoms. The van der Waals surface area contributed by atoms with Gasteiger partial charge in [-0.15, -0.1) is 5.10 Å². The molecule has 2 aliphatic heterocycles. The number of nitrogens with two attached hydrogens (primary N) is 1. The molecule has 3 aromatic heterocycles. The Morgan fingerprint density at radius 2 is 1.97 bits per heavy atom. The lowest BCUT2D eigenvalue weighted by Crippen LogP contribution is -2.62. The zero-order chi connectivity index (χ0) is 24.0. The number of nitrogens with zero attached hydrogens (tertiary/aromatic N) is 6. The number of aliphatic imine (C=N–C) groups is 1. The summed E-state index contributed by atoms with van der Waals surface area (Å²) in [5.74, 6) is 0.159. The van der Waals surface area contributed by atoms with Gasteiger partial charge in [-0.25, -0.2) is 8.91 Å². The zero-order valence-electron chi connectivity index (χ0n) is 20.1. The SMILES string of the molecule is CC(C)=Nc1ccc(-c2c(F)cn3nc(NC4CCN(C5(C)COC5)CC4)nc(N)c23)nc1C. The van der Waals surface area contributed by atoms with E-state index in [4.69, 9.17) is 10.5 Å². The summed E-state index contributed by atoms with van der Waals surface area (Å²) in [6.45, 7) is 11.5. The van der Waals surface area contributed by atoms with Gasteiger partial charge < -0.3 is 15.8 Å². The maximum absolute atomic E-state index is 15.0. The first-order chi connectivity index (χ1) is 16.2. The van der Waals surface area contributed by atoms with Gasteiger partial charge >= 0.3 is 0 Å². The van der Waals surface area contributed by atoms with Crippen LogP contribution in [0.4, 0.5) is 21.8 Å². The van der Waals surface area contributed by atoms with Gasteiger partial charge in [-0.05, 0) is 52.7 Å². The molecule has 0 aliphatic carbocycles. The largest absolute Gasteiger partial charge is 0.382 e. The zero-order valence-corrected chi connectivity index (χ0v) is 20.1. The third kappa shape index (κ3) is 4.12. The summed E-state index contributed by atoms with van der Waals surface area (Å²) in [7, 11) is 0. The number of pyridine rings is 1. The van der Waals surface area contributed by atoms with E-state index in [9.17, 15) is 0 Å². The van der Waals surface area contributed by atoms with E-state index in [0.717, 1.165) is 50.5 Å². The standard InChI is InChI=1S/C24H31FN8O/c1-14(2)27-18-5-6-19(28-15(18)3)20-17(25)11-33-21(20)22(26)30-23(31-33)29-16-7-9-32(10-8-16)24(4)12-34-13-24/h5-6,11,16H,7-10,12-13H2,1-4H3,(H3,26,29,30,31). The second kappa shape index (κ2) is 8.59. The smallest absolute Gasteiger partial charge is 0.243 e. The highest BCUT2D eigenvalue weighted by molar-refractivity contribution is 5.87. The molecule has 9 nitrogen and oxygen atoms in total. The third-order valence-electron chi connectivity index (χ3n) is 6.69. The van der Waals surface area contributed by atoms with Crippen LogP contribution in [0.25, 0.3) is 16.8 Å². The fourth-order valence-electron chi connectivity index (χ4n) is 4.76. The fourth-order valence-corrected chi connectivity index (χ4v) is 4.76. The number of ether oxygens (including phenoxy) is 1. The van der Waals surface area contributed by atoms with Crippen LogP contribution >= 0.6 is 0 Å². The van der Waals surface area contributed by atoms with Crippen molar-refractivity contribution in [3.8, 4) is 11.3 Å². The van der Waals surface area contributed by atoms with E-state index in [1.807, 2.05) is 26.8 Å². The number of likely N-dealkylation sites (tertiary alicyclic amines) is 1. The molecule has 34 heavy (non-hydrogen) atoms. The Bertz CT molecular complexity index is 1250. The highest BCUT2D eigenvalue weighted by Crippen LogP contribution is 2.33. The predicted molar refractivity (Wildman–Crippen MR) is 131 cm³/mol. The maximum atomic E-state index is 15.0. The Hall–Kier alpha value is -3.11. The molecule has 3 N–H and O–H groups in total. The predicted octanol–water partition coefficient (Wildman–Crippen LogP) is 3.60. The number of halogens is 1. The Balaban J connectivity index is 1.38. The first-order valence-corrected chi connectivity index (χ1v) is 11.7. The van der Waals surface area contributed by atoms with Gasteiger partial charge in [0.1, 0.15) is 5.52 Å². The van der Waals surface area contributed by atoms with Crippen LogP contribution in [-0.2, 0) is 4.74 Å². The topological polar surface area (TPSA) is 106 Å². The van der Waals surface area contributed by atoms with Crippen molar-refractivity contribution in [3.63, 3.8) is 0 Å². The van der Waals surface area contributed by atoms with E-state index in [0.29, 0.717) is 28.4 Å². The Morgan fingerprint density at radius 3 is 2.59 bits per heavy atom. The highest BCUT2D eigenvalue weighted by atomic mass is 19.1. The van der Waals surface area contributed by atoms with Crippen LogP contribution in [0.2, 0.25) is 0 Å². The van der Waals surface area contributed by atoms with Crippen molar-refractivity contribution in [2.75, 3.05) is 37.4 Å². The molecule has 0 amide bonds. The van der Waals surface area contributed by atoms with Crippen molar-refractivity contribution in [2.24, 2.45) is 4.99 Å². The number of nitrogen functional groups attached to an aromatic ring is 1. The minimum Gasteiger partial charge on any atom is -0.382 e. The number of piperidine rings is 1.